The van der Waals surface area contributed by atoms with E-state index in [1.807, 2.05) is 12.2 Å². The van der Waals surface area contributed by atoms with Crippen molar-refractivity contribution < 1.29 is 0 Å². The SMILES string of the molecule is C=Cc1ccc2c(c1)CCc1cc(C=C)ccc1CC2. The smallest absolute Gasteiger partial charge is 0.0235 e. The number of rotatable bonds is 2. The summed E-state index contributed by atoms with van der Waals surface area (Å²) in [5.41, 5.74) is 8.41. The van der Waals surface area contributed by atoms with Gasteiger partial charge in [0.2, 0.25) is 0 Å². The van der Waals surface area contributed by atoms with Crippen LogP contribution in [0, 0.1) is 0 Å². The van der Waals surface area contributed by atoms with Gasteiger partial charge in [-0.25, -0.2) is 0 Å². The lowest BCUT2D eigenvalue weighted by molar-refractivity contribution is 0.839. The Morgan fingerprint density at radius 3 is 1.40 bits per heavy atom. The molecule has 1 aliphatic carbocycles. The average molecular weight is 260 g/mol. The van der Waals surface area contributed by atoms with Gasteiger partial charge >= 0.3 is 0 Å². The largest absolute Gasteiger partial charge is 0.0985 e. The van der Waals surface area contributed by atoms with Gasteiger partial charge in [-0.3, -0.25) is 0 Å². The quantitative estimate of drug-likeness (QED) is 0.723. The lowest BCUT2D eigenvalue weighted by Gasteiger charge is -2.18. The maximum absolute atomic E-state index is 3.87. The van der Waals surface area contributed by atoms with Crippen LogP contribution in [0.25, 0.3) is 12.2 Å². The zero-order chi connectivity index (χ0) is 13.9. The first-order valence-corrected chi connectivity index (χ1v) is 7.28. The highest BCUT2D eigenvalue weighted by Gasteiger charge is 2.11. The van der Waals surface area contributed by atoms with E-state index in [2.05, 4.69) is 49.6 Å². The van der Waals surface area contributed by atoms with Crippen molar-refractivity contribution >= 4 is 12.2 Å². The fraction of sp³-hybridized carbons (Fsp3) is 0.200. The Morgan fingerprint density at radius 1 is 0.600 bits per heavy atom. The molecule has 0 saturated carbocycles. The molecular weight excluding hydrogens is 240 g/mol. The molecule has 1 aliphatic rings. The summed E-state index contributed by atoms with van der Waals surface area (Å²) in [7, 11) is 0. The van der Waals surface area contributed by atoms with Gasteiger partial charge in [0.15, 0.2) is 0 Å². The van der Waals surface area contributed by atoms with Crippen LogP contribution in [0.3, 0.4) is 0 Å². The molecular formula is C20H20. The summed E-state index contributed by atoms with van der Waals surface area (Å²) < 4.78 is 0. The number of fused-ring (bicyclic) bond motifs is 2. The molecule has 0 amide bonds. The number of aryl methyl sites for hydroxylation is 4. The van der Waals surface area contributed by atoms with Crippen LogP contribution >= 0.6 is 0 Å². The monoisotopic (exact) mass is 260 g/mol. The maximum atomic E-state index is 3.87. The summed E-state index contributed by atoms with van der Waals surface area (Å²) in [6, 6.07) is 13.5. The van der Waals surface area contributed by atoms with Gasteiger partial charge in [0.1, 0.15) is 0 Å². The molecule has 0 bridgehead atoms. The molecule has 0 aromatic heterocycles. The lowest BCUT2D eigenvalue weighted by atomic mass is 9.87. The highest BCUT2D eigenvalue weighted by atomic mass is 14.2. The van der Waals surface area contributed by atoms with Crippen molar-refractivity contribution in [3.05, 3.63) is 82.9 Å². The van der Waals surface area contributed by atoms with E-state index in [9.17, 15) is 0 Å². The summed E-state index contributed by atoms with van der Waals surface area (Å²) in [5, 5.41) is 0. The minimum Gasteiger partial charge on any atom is -0.0985 e. The number of hydrogen-bond donors (Lipinski definition) is 0. The molecule has 20 heavy (non-hydrogen) atoms. The molecule has 2 aromatic carbocycles. The van der Waals surface area contributed by atoms with Crippen molar-refractivity contribution in [2.24, 2.45) is 0 Å². The molecule has 3 rings (SSSR count). The molecule has 0 unspecified atom stereocenters. The molecule has 2 aromatic rings. The van der Waals surface area contributed by atoms with Crippen LogP contribution in [0.1, 0.15) is 33.4 Å². The second-order valence-electron chi connectivity index (χ2n) is 5.46. The van der Waals surface area contributed by atoms with Crippen molar-refractivity contribution in [2.75, 3.05) is 0 Å². The molecule has 0 spiro atoms. The van der Waals surface area contributed by atoms with E-state index in [0.717, 1.165) is 25.7 Å². The van der Waals surface area contributed by atoms with E-state index in [-0.39, 0.29) is 0 Å². The number of hydrogen-bond acceptors (Lipinski definition) is 0. The predicted molar refractivity (Wildman–Crippen MR) is 87.9 cm³/mol. The Bertz CT molecular complexity index is 602. The molecule has 100 valence electrons. The normalized spacial score (nSPS) is 13.6. The summed E-state index contributed by atoms with van der Waals surface area (Å²) in [4.78, 5) is 0. The minimum atomic E-state index is 1.12. The third kappa shape index (κ3) is 2.46. The molecule has 0 heterocycles. The van der Waals surface area contributed by atoms with Crippen LogP contribution in [0.15, 0.2) is 49.6 Å². The predicted octanol–water partition coefficient (Wildman–Crippen LogP) is 4.86. The second-order valence-corrected chi connectivity index (χ2v) is 5.46. The highest BCUT2D eigenvalue weighted by Crippen LogP contribution is 2.24. The first-order chi connectivity index (χ1) is 9.80. The van der Waals surface area contributed by atoms with E-state index in [1.165, 1.54) is 33.4 Å². The fourth-order valence-corrected chi connectivity index (χ4v) is 3.04. The molecule has 0 heteroatoms. The third-order valence-electron chi connectivity index (χ3n) is 4.26. The van der Waals surface area contributed by atoms with E-state index >= 15 is 0 Å². The van der Waals surface area contributed by atoms with Crippen molar-refractivity contribution in [1.82, 2.24) is 0 Å². The van der Waals surface area contributed by atoms with Crippen LogP contribution in [0.5, 0.6) is 0 Å². The van der Waals surface area contributed by atoms with Crippen LogP contribution in [-0.2, 0) is 25.7 Å². The molecule has 0 atom stereocenters. The second kappa shape index (κ2) is 5.50. The zero-order valence-electron chi connectivity index (χ0n) is 11.9. The summed E-state index contributed by atoms with van der Waals surface area (Å²) in [5.74, 6) is 0. The molecule has 0 nitrogen and oxygen atoms in total. The molecule has 0 aliphatic heterocycles. The first-order valence-electron chi connectivity index (χ1n) is 7.28. The highest BCUT2D eigenvalue weighted by molar-refractivity contribution is 5.52. The number of benzene rings is 2. The van der Waals surface area contributed by atoms with E-state index in [4.69, 9.17) is 0 Å². The van der Waals surface area contributed by atoms with E-state index < -0.39 is 0 Å². The van der Waals surface area contributed by atoms with Crippen LogP contribution in [-0.4, -0.2) is 0 Å². The molecule has 0 N–H and O–H groups in total. The van der Waals surface area contributed by atoms with Gasteiger partial charge in [-0.15, -0.1) is 0 Å². The third-order valence-corrected chi connectivity index (χ3v) is 4.26. The topological polar surface area (TPSA) is 0 Å². The van der Waals surface area contributed by atoms with E-state index in [0.29, 0.717) is 0 Å². The Morgan fingerprint density at radius 2 is 1.00 bits per heavy atom. The fourth-order valence-electron chi connectivity index (χ4n) is 3.04. The zero-order valence-corrected chi connectivity index (χ0v) is 11.9. The van der Waals surface area contributed by atoms with Gasteiger partial charge < -0.3 is 0 Å². The van der Waals surface area contributed by atoms with Crippen LogP contribution in [0.4, 0.5) is 0 Å². The Hall–Kier alpha value is -2.08. The van der Waals surface area contributed by atoms with Gasteiger partial charge in [0.25, 0.3) is 0 Å². The molecule has 0 fully saturated rings. The minimum absolute atomic E-state index is 1.12. The standard InChI is InChI=1S/C20H20/c1-3-15-5-7-17-9-10-18-8-6-16(4-2)14-20(18)12-11-19(17)13-15/h3-8,13-14H,1-2,9-12H2. The summed E-state index contributed by atoms with van der Waals surface area (Å²) >= 11 is 0. The van der Waals surface area contributed by atoms with Gasteiger partial charge in [-0.1, -0.05) is 61.7 Å². The maximum Gasteiger partial charge on any atom is -0.0235 e. The van der Waals surface area contributed by atoms with Crippen LogP contribution in [0.2, 0.25) is 0 Å². The lowest BCUT2D eigenvalue weighted by Crippen LogP contribution is -2.07. The van der Waals surface area contributed by atoms with Crippen LogP contribution < -0.4 is 0 Å². The first kappa shape index (κ1) is 12.9. The summed E-state index contributed by atoms with van der Waals surface area (Å²) in [6.45, 7) is 7.74. The van der Waals surface area contributed by atoms with Gasteiger partial charge in [0.05, 0.1) is 0 Å². The van der Waals surface area contributed by atoms with Crippen molar-refractivity contribution in [3.8, 4) is 0 Å². The van der Waals surface area contributed by atoms with Gasteiger partial charge in [-0.05, 0) is 59.1 Å². The molecule has 0 radical (unpaired) electrons. The average Bonchev–Trinajstić information content (AvgIpc) is 2.49. The van der Waals surface area contributed by atoms with Gasteiger partial charge in [0, 0.05) is 0 Å². The Kier molecular flexibility index (Phi) is 3.56. The Balaban J connectivity index is 1.95. The Labute approximate surface area is 121 Å². The summed E-state index contributed by atoms with van der Waals surface area (Å²) in [6.07, 6.45) is 8.36. The molecule has 0 saturated heterocycles. The van der Waals surface area contributed by atoms with E-state index in [1.54, 1.807) is 0 Å². The van der Waals surface area contributed by atoms with Gasteiger partial charge in [-0.2, -0.15) is 0 Å². The van der Waals surface area contributed by atoms with Crippen molar-refractivity contribution in [3.63, 3.8) is 0 Å². The van der Waals surface area contributed by atoms with Crippen molar-refractivity contribution in [2.45, 2.75) is 25.7 Å². The van der Waals surface area contributed by atoms with Crippen molar-refractivity contribution in [1.29, 1.82) is 0 Å².